The van der Waals surface area contributed by atoms with E-state index in [0.29, 0.717) is 5.56 Å². The Balaban J connectivity index is 2.53. The van der Waals surface area contributed by atoms with Crippen LogP contribution in [0.25, 0.3) is 11.1 Å². The third-order valence-corrected chi connectivity index (χ3v) is 3.97. The Labute approximate surface area is 118 Å². The second-order valence-corrected chi connectivity index (χ2v) is 6.26. The van der Waals surface area contributed by atoms with Gasteiger partial charge >= 0.3 is 7.60 Å². The fourth-order valence-electron chi connectivity index (χ4n) is 2.24. The highest BCUT2D eigenvalue weighted by molar-refractivity contribution is 7.50. The first-order valence-electron chi connectivity index (χ1n) is 6.19. The molecule has 0 amide bonds. The van der Waals surface area contributed by atoms with Crippen molar-refractivity contribution in [3.63, 3.8) is 0 Å². The smallest absolute Gasteiger partial charge is 0.329 e. The van der Waals surface area contributed by atoms with E-state index in [2.05, 4.69) is 0 Å². The molecule has 5 heteroatoms. The molecule has 106 valence electrons. The van der Waals surface area contributed by atoms with Crippen LogP contribution in [0.2, 0.25) is 0 Å². The SMILES string of the molecule is COc1ccccc1-c1cccc(CP(=O)(O)O)c1C. The third kappa shape index (κ3) is 3.28. The molecule has 0 unspecified atom stereocenters. The second kappa shape index (κ2) is 5.80. The molecule has 0 saturated carbocycles. The average molecular weight is 292 g/mol. The van der Waals surface area contributed by atoms with Crippen LogP contribution < -0.4 is 4.74 Å². The molecule has 0 saturated heterocycles. The topological polar surface area (TPSA) is 66.8 Å². The van der Waals surface area contributed by atoms with Crippen molar-refractivity contribution < 1.29 is 19.1 Å². The Morgan fingerprint density at radius 1 is 1.05 bits per heavy atom. The summed E-state index contributed by atoms with van der Waals surface area (Å²) in [5, 5.41) is 0. The Morgan fingerprint density at radius 3 is 2.35 bits per heavy atom. The summed E-state index contributed by atoms with van der Waals surface area (Å²) in [6, 6.07) is 13.1. The zero-order chi connectivity index (χ0) is 14.8. The number of methoxy groups -OCH3 is 1. The minimum absolute atomic E-state index is 0.248. The van der Waals surface area contributed by atoms with Gasteiger partial charge in [-0.15, -0.1) is 0 Å². The molecule has 0 aliphatic heterocycles. The van der Waals surface area contributed by atoms with Crippen molar-refractivity contribution in [2.75, 3.05) is 7.11 Å². The van der Waals surface area contributed by atoms with Gasteiger partial charge in [0.2, 0.25) is 0 Å². The zero-order valence-electron chi connectivity index (χ0n) is 11.4. The molecule has 0 aliphatic rings. The van der Waals surface area contributed by atoms with Crippen molar-refractivity contribution in [1.29, 1.82) is 0 Å². The Morgan fingerprint density at radius 2 is 1.70 bits per heavy atom. The van der Waals surface area contributed by atoms with Crippen LogP contribution in [-0.2, 0) is 10.7 Å². The quantitative estimate of drug-likeness (QED) is 0.848. The average Bonchev–Trinajstić information content (AvgIpc) is 2.40. The lowest BCUT2D eigenvalue weighted by Gasteiger charge is -2.14. The molecule has 2 aromatic rings. The van der Waals surface area contributed by atoms with E-state index in [9.17, 15) is 4.57 Å². The van der Waals surface area contributed by atoms with Gasteiger partial charge in [-0.25, -0.2) is 0 Å². The summed E-state index contributed by atoms with van der Waals surface area (Å²) < 4.78 is 16.5. The molecule has 0 heterocycles. The third-order valence-electron chi connectivity index (χ3n) is 3.22. The molecule has 0 radical (unpaired) electrons. The summed E-state index contributed by atoms with van der Waals surface area (Å²) in [6.07, 6.45) is -0.248. The molecule has 0 spiro atoms. The molecule has 0 atom stereocenters. The van der Waals surface area contributed by atoms with Crippen LogP contribution in [0, 0.1) is 6.92 Å². The van der Waals surface area contributed by atoms with Crippen LogP contribution in [0.3, 0.4) is 0 Å². The van der Waals surface area contributed by atoms with Crippen LogP contribution in [0.4, 0.5) is 0 Å². The van der Waals surface area contributed by atoms with Gasteiger partial charge in [0.15, 0.2) is 0 Å². The van der Waals surface area contributed by atoms with Crippen LogP contribution in [0.15, 0.2) is 42.5 Å². The van der Waals surface area contributed by atoms with Gasteiger partial charge in [0.05, 0.1) is 13.3 Å². The number of para-hydroxylation sites is 1. The fraction of sp³-hybridized carbons (Fsp3) is 0.200. The van der Waals surface area contributed by atoms with E-state index in [-0.39, 0.29) is 6.16 Å². The van der Waals surface area contributed by atoms with E-state index >= 15 is 0 Å². The largest absolute Gasteiger partial charge is 0.496 e. The lowest BCUT2D eigenvalue weighted by Crippen LogP contribution is -1.95. The summed E-state index contributed by atoms with van der Waals surface area (Å²) in [4.78, 5) is 18.3. The van der Waals surface area contributed by atoms with E-state index in [0.717, 1.165) is 22.4 Å². The summed E-state index contributed by atoms with van der Waals surface area (Å²) in [7, 11) is -2.47. The molecular formula is C15H17O4P. The van der Waals surface area contributed by atoms with Gasteiger partial charge < -0.3 is 14.5 Å². The van der Waals surface area contributed by atoms with E-state index in [1.807, 2.05) is 37.3 Å². The minimum Gasteiger partial charge on any atom is -0.496 e. The molecule has 0 aromatic heterocycles. The number of ether oxygens (including phenoxy) is 1. The molecule has 0 aliphatic carbocycles. The fourth-order valence-corrected chi connectivity index (χ4v) is 3.02. The second-order valence-electron chi connectivity index (χ2n) is 4.61. The maximum Gasteiger partial charge on any atom is 0.329 e. The maximum atomic E-state index is 11.2. The van der Waals surface area contributed by atoms with Crippen molar-refractivity contribution in [2.24, 2.45) is 0 Å². The van der Waals surface area contributed by atoms with Crippen molar-refractivity contribution in [3.05, 3.63) is 53.6 Å². The highest BCUT2D eigenvalue weighted by Gasteiger charge is 2.17. The Kier molecular flexibility index (Phi) is 4.29. The molecule has 2 rings (SSSR count). The van der Waals surface area contributed by atoms with E-state index in [4.69, 9.17) is 14.5 Å². The first kappa shape index (κ1) is 14.8. The molecule has 4 nitrogen and oxygen atoms in total. The monoisotopic (exact) mass is 292 g/mol. The standard InChI is InChI=1S/C15H17O4P/c1-11-12(10-20(16,17)18)6-5-8-13(11)14-7-3-4-9-15(14)19-2/h3-9H,10H2,1-2H3,(H2,16,17,18). The highest BCUT2D eigenvalue weighted by atomic mass is 31.2. The Bertz CT molecular complexity index is 661. The first-order chi connectivity index (χ1) is 9.42. The van der Waals surface area contributed by atoms with Gasteiger partial charge in [-0.1, -0.05) is 36.4 Å². The normalized spacial score (nSPS) is 11.4. The van der Waals surface area contributed by atoms with Crippen LogP contribution in [0.5, 0.6) is 5.75 Å². The van der Waals surface area contributed by atoms with Crippen LogP contribution >= 0.6 is 7.60 Å². The predicted octanol–water partition coefficient (Wildman–Crippen LogP) is 3.35. The molecule has 2 N–H and O–H groups in total. The van der Waals surface area contributed by atoms with Crippen LogP contribution in [0.1, 0.15) is 11.1 Å². The molecule has 0 bridgehead atoms. The van der Waals surface area contributed by atoms with Crippen LogP contribution in [-0.4, -0.2) is 16.9 Å². The lowest BCUT2D eigenvalue weighted by molar-refractivity contribution is 0.371. The zero-order valence-corrected chi connectivity index (χ0v) is 12.3. The van der Waals surface area contributed by atoms with Gasteiger partial charge in [-0.3, -0.25) is 4.57 Å². The van der Waals surface area contributed by atoms with Crippen molar-refractivity contribution in [2.45, 2.75) is 13.1 Å². The minimum atomic E-state index is -4.08. The summed E-state index contributed by atoms with van der Waals surface area (Å²) in [6.45, 7) is 1.87. The molecule has 0 fully saturated rings. The van der Waals surface area contributed by atoms with Crippen molar-refractivity contribution in [1.82, 2.24) is 0 Å². The van der Waals surface area contributed by atoms with Gasteiger partial charge in [0.1, 0.15) is 5.75 Å². The van der Waals surface area contributed by atoms with Crippen molar-refractivity contribution in [3.8, 4) is 16.9 Å². The summed E-state index contributed by atoms with van der Waals surface area (Å²) >= 11 is 0. The van der Waals surface area contributed by atoms with Gasteiger partial charge in [-0.05, 0) is 29.7 Å². The van der Waals surface area contributed by atoms with E-state index < -0.39 is 7.60 Å². The number of hydrogen-bond donors (Lipinski definition) is 2. The first-order valence-corrected chi connectivity index (χ1v) is 7.98. The maximum absolute atomic E-state index is 11.2. The summed E-state index contributed by atoms with van der Waals surface area (Å²) in [5.74, 6) is 0.740. The Hall–Kier alpha value is -1.61. The predicted molar refractivity (Wildman–Crippen MR) is 78.9 cm³/mol. The number of benzene rings is 2. The summed E-state index contributed by atoms with van der Waals surface area (Å²) in [5.41, 5.74) is 3.36. The van der Waals surface area contributed by atoms with Crippen molar-refractivity contribution >= 4 is 7.60 Å². The highest BCUT2D eigenvalue weighted by Crippen LogP contribution is 2.42. The van der Waals surface area contributed by atoms with E-state index in [1.165, 1.54) is 0 Å². The number of hydrogen-bond acceptors (Lipinski definition) is 2. The molecular weight excluding hydrogens is 275 g/mol. The molecule has 20 heavy (non-hydrogen) atoms. The van der Waals surface area contributed by atoms with Gasteiger partial charge in [0.25, 0.3) is 0 Å². The molecule has 2 aromatic carbocycles. The van der Waals surface area contributed by atoms with Gasteiger partial charge in [-0.2, -0.15) is 0 Å². The van der Waals surface area contributed by atoms with E-state index in [1.54, 1.807) is 19.2 Å². The van der Waals surface area contributed by atoms with Gasteiger partial charge in [0, 0.05) is 5.56 Å². The lowest BCUT2D eigenvalue weighted by atomic mass is 9.96. The number of rotatable bonds is 4.